The van der Waals surface area contributed by atoms with Gasteiger partial charge in [0.2, 0.25) is 0 Å². The number of aromatic nitrogens is 1. The second-order valence-electron chi connectivity index (χ2n) is 11.6. The van der Waals surface area contributed by atoms with Crippen LogP contribution in [0.3, 0.4) is 0 Å². The summed E-state index contributed by atoms with van der Waals surface area (Å²) in [5, 5.41) is -0.243. The van der Waals surface area contributed by atoms with E-state index < -0.39 is 48.9 Å². The molecule has 2 aromatic carbocycles. The first-order chi connectivity index (χ1) is 20.1. The number of pyridine rings is 1. The highest BCUT2D eigenvalue weighted by molar-refractivity contribution is 7.54. The molecular formula is C30H39FNO10P. The second-order valence-corrected chi connectivity index (χ2v) is 13.5. The van der Waals surface area contributed by atoms with Crippen molar-refractivity contribution in [1.82, 2.24) is 4.57 Å². The number of halogens is 1. The van der Waals surface area contributed by atoms with Crippen LogP contribution < -0.4 is 14.9 Å². The number of esters is 1. The topological polar surface area (TPSA) is 121 Å². The van der Waals surface area contributed by atoms with Gasteiger partial charge in [0, 0.05) is 11.8 Å². The molecule has 11 nitrogen and oxygen atoms in total. The molecule has 0 aliphatic rings. The predicted octanol–water partition coefficient (Wildman–Crippen LogP) is 6.79. The Morgan fingerprint density at radius 3 is 2.09 bits per heavy atom. The number of nitrogens with zero attached hydrogens (tertiary/aromatic N) is 1. The van der Waals surface area contributed by atoms with Gasteiger partial charge in [0.05, 0.1) is 30.3 Å². The normalized spacial score (nSPS) is 12.4. The fraction of sp³-hybridized carbons (Fsp3) is 0.467. The molecule has 0 N–H and O–H groups in total. The van der Waals surface area contributed by atoms with E-state index in [-0.39, 0.29) is 22.2 Å². The minimum atomic E-state index is -4.32. The Bertz CT molecular complexity index is 1500. The molecule has 0 fully saturated rings. The Labute approximate surface area is 250 Å². The van der Waals surface area contributed by atoms with Gasteiger partial charge in [-0.1, -0.05) is 19.1 Å². The molecule has 0 aliphatic carbocycles. The summed E-state index contributed by atoms with van der Waals surface area (Å²) < 4.78 is 56.5. The molecule has 0 atom stereocenters. The van der Waals surface area contributed by atoms with Gasteiger partial charge in [-0.25, -0.2) is 14.2 Å². The van der Waals surface area contributed by atoms with Crippen LogP contribution in [0, 0.1) is 5.82 Å². The lowest BCUT2D eigenvalue weighted by Crippen LogP contribution is -2.24. The van der Waals surface area contributed by atoms with Gasteiger partial charge in [0.1, 0.15) is 22.8 Å². The lowest BCUT2D eigenvalue weighted by molar-refractivity contribution is -0.326. The number of ether oxygens (including phenoxy) is 3. The second kappa shape index (κ2) is 14.0. The number of fused-ring (bicyclic) bond motifs is 1. The van der Waals surface area contributed by atoms with Crippen LogP contribution in [0.1, 0.15) is 54.9 Å². The van der Waals surface area contributed by atoms with Crippen molar-refractivity contribution in [3.8, 4) is 22.6 Å². The SMILES string of the molecule is CCCOc1ccc(F)c2c(=O)c(-c3ccc(OC)cc3)cn(COC(=O)CP(=O)(OOC(C)(C)C)OOC(C)(C)C)c12. The van der Waals surface area contributed by atoms with Gasteiger partial charge in [-0.2, -0.15) is 0 Å². The molecule has 13 heteroatoms. The Hall–Kier alpha value is -3.28. The third-order valence-corrected chi connectivity index (χ3v) is 6.73. The zero-order valence-corrected chi connectivity index (χ0v) is 26.6. The van der Waals surface area contributed by atoms with E-state index in [0.29, 0.717) is 24.3 Å². The number of benzene rings is 2. The highest BCUT2D eigenvalue weighted by Crippen LogP contribution is 2.50. The number of carbonyl (C=O) groups is 1. The lowest BCUT2D eigenvalue weighted by Gasteiger charge is -2.25. The van der Waals surface area contributed by atoms with Crippen LogP contribution in [0.5, 0.6) is 11.5 Å². The average Bonchev–Trinajstić information content (AvgIpc) is 2.93. The summed E-state index contributed by atoms with van der Waals surface area (Å²) in [5.74, 6) is -0.977. The molecule has 3 aromatic rings. The molecule has 0 unspecified atom stereocenters. The van der Waals surface area contributed by atoms with E-state index >= 15 is 4.39 Å². The molecular weight excluding hydrogens is 584 g/mol. The van der Waals surface area contributed by atoms with Crippen LogP contribution in [0.25, 0.3) is 22.0 Å². The molecule has 0 amide bonds. The minimum absolute atomic E-state index is 0.0892. The zero-order valence-electron chi connectivity index (χ0n) is 25.7. The summed E-state index contributed by atoms with van der Waals surface area (Å²) >= 11 is 0. The number of carbonyl (C=O) groups excluding carboxylic acids is 1. The van der Waals surface area contributed by atoms with Crippen molar-refractivity contribution in [1.29, 1.82) is 0 Å². The fourth-order valence-electron chi connectivity index (χ4n) is 3.62. The van der Waals surface area contributed by atoms with E-state index in [4.69, 9.17) is 33.3 Å². The molecule has 0 radical (unpaired) electrons. The number of hydrogen-bond donors (Lipinski definition) is 0. The van der Waals surface area contributed by atoms with Crippen LogP contribution >= 0.6 is 7.60 Å². The minimum Gasteiger partial charge on any atom is -0.497 e. The fourth-order valence-corrected chi connectivity index (χ4v) is 4.83. The van der Waals surface area contributed by atoms with Crippen molar-refractivity contribution in [3.05, 3.63) is 58.6 Å². The summed E-state index contributed by atoms with van der Waals surface area (Å²) in [7, 11) is -2.80. The third-order valence-electron chi connectivity index (χ3n) is 5.49. The van der Waals surface area contributed by atoms with Gasteiger partial charge in [-0.3, -0.25) is 14.2 Å². The van der Waals surface area contributed by atoms with Crippen molar-refractivity contribution in [2.45, 2.75) is 72.8 Å². The average molecular weight is 624 g/mol. The van der Waals surface area contributed by atoms with E-state index in [9.17, 15) is 14.2 Å². The van der Waals surface area contributed by atoms with E-state index in [0.717, 1.165) is 6.07 Å². The van der Waals surface area contributed by atoms with Crippen molar-refractivity contribution < 1.29 is 47.1 Å². The van der Waals surface area contributed by atoms with Gasteiger partial charge >= 0.3 is 13.6 Å². The molecule has 0 saturated heterocycles. The first-order valence-electron chi connectivity index (χ1n) is 13.7. The molecule has 0 saturated carbocycles. The van der Waals surface area contributed by atoms with Crippen LogP contribution in [0.4, 0.5) is 4.39 Å². The molecule has 0 aliphatic heterocycles. The quantitative estimate of drug-likeness (QED) is 0.0871. The maximum absolute atomic E-state index is 15.2. The standard InChI is InChI=1S/C30H39FNO10P/c1-9-16-37-24-15-14-23(31)26-27(24)32(17-22(28(26)34)20-10-12-21(36-8)13-11-20)19-38-25(33)18-43(35,41-39-29(2,3)4)42-40-30(5,6)7/h10-15,17H,9,16,18-19H2,1-8H3. The first-order valence-corrected chi connectivity index (χ1v) is 15.4. The van der Waals surface area contributed by atoms with Crippen molar-refractivity contribution in [3.63, 3.8) is 0 Å². The van der Waals surface area contributed by atoms with Crippen molar-refractivity contribution in [2.75, 3.05) is 19.9 Å². The van der Waals surface area contributed by atoms with E-state index in [1.165, 1.54) is 23.9 Å². The largest absolute Gasteiger partial charge is 0.497 e. The summed E-state index contributed by atoms with van der Waals surface area (Å²) in [4.78, 5) is 36.9. The van der Waals surface area contributed by atoms with Crippen molar-refractivity contribution in [2.24, 2.45) is 0 Å². The van der Waals surface area contributed by atoms with E-state index in [2.05, 4.69) is 0 Å². The first kappa shape index (κ1) is 34.2. The zero-order chi connectivity index (χ0) is 32.0. The number of rotatable bonds is 13. The molecule has 0 spiro atoms. The molecule has 236 valence electrons. The van der Waals surface area contributed by atoms with Crippen LogP contribution in [-0.2, 0) is 40.0 Å². The highest BCUT2D eigenvalue weighted by atomic mass is 31.2. The summed E-state index contributed by atoms with van der Waals surface area (Å²) in [6.45, 7) is 11.6. The number of hydrogen-bond acceptors (Lipinski definition) is 10. The Balaban J connectivity index is 2.01. The maximum atomic E-state index is 15.2. The van der Waals surface area contributed by atoms with Gasteiger partial charge in [0.25, 0.3) is 0 Å². The van der Waals surface area contributed by atoms with Crippen LogP contribution in [-0.4, -0.2) is 41.6 Å². The van der Waals surface area contributed by atoms with E-state index in [1.54, 1.807) is 65.8 Å². The molecule has 3 rings (SSSR count). The lowest BCUT2D eigenvalue weighted by atomic mass is 10.0. The van der Waals surface area contributed by atoms with Gasteiger partial charge in [-0.05, 0) is 77.8 Å². The smallest absolute Gasteiger partial charge is 0.395 e. The van der Waals surface area contributed by atoms with Crippen LogP contribution in [0.15, 0.2) is 47.4 Å². The Morgan fingerprint density at radius 1 is 0.953 bits per heavy atom. The Morgan fingerprint density at radius 2 is 1.56 bits per heavy atom. The number of methoxy groups -OCH3 is 1. The molecule has 43 heavy (non-hydrogen) atoms. The van der Waals surface area contributed by atoms with Gasteiger partial charge in [-0.15, -0.1) is 9.35 Å². The van der Waals surface area contributed by atoms with Gasteiger partial charge < -0.3 is 18.8 Å². The van der Waals surface area contributed by atoms with Crippen LogP contribution in [0.2, 0.25) is 0 Å². The van der Waals surface area contributed by atoms with E-state index in [1.807, 2.05) is 6.92 Å². The van der Waals surface area contributed by atoms with Gasteiger partial charge in [0.15, 0.2) is 18.3 Å². The highest BCUT2D eigenvalue weighted by Gasteiger charge is 2.36. The summed E-state index contributed by atoms with van der Waals surface area (Å²) in [5.41, 5.74) is -1.62. The van der Waals surface area contributed by atoms with Crippen molar-refractivity contribution >= 4 is 24.5 Å². The molecule has 1 heterocycles. The third kappa shape index (κ3) is 9.61. The molecule has 0 bridgehead atoms. The predicted molar refractivity (Wildman–Crippen MR) is 158 cm³/mol. The summed E-state index contributed by atoms with van der Waals surface area (Å²) in [6.07, 6.45) is 1.23. The summed E-state index contributed by atoms with van der Waals surface area (Å²) in [6, 6.07) is 9.19. The maximum Gasteiger partial charge on any atom is 0.395 e. The Kier molecular flexibility index (Phi) is 11.1. The monoisotopic (exact) mass is 623 g/mol. The molecule has 1 aromatic heterocycles.